The number of nitrogens with zero attached hydrogens (tertiary/aromatic N) is 1. The number of aromatic nitrogens is 1. The Morgan fingerprint density at radius 2 is 2.32 bits per heavy atom. The number of methoxy groups -OCH3 is 1. The molecule has 0 radical (unpaired) electrons. The van der Waals surface area contributed by atoms with Gasteiger partial charge in [-0.3, -0.25) is 0 Å². The van der Waals surface area contributed by atoms with E-state index in [2.05, 4.69) is 10.3 Å². The molecular formula is C13H17FN2O3. The Hall–Kier alpha value is -1.69. The van der Waals surface area contributed by atoms with Crippen LogP contribution in [0.3, 0.4) is 0 Å². The van der Waals surface area contributed by atoms with E-state index in [0.717, 1.165) is 18.7 Å². The fourth-order valence-corrected chi connectivity index (χ4v) is 2.41. The van der Waals surface area contributed by atoms with E-state index in [1.165, 1.54) is 0 Å². The summed E-state index contributed by atoms with van der Waals surface area (Å²) >= 11 is 0. The lowest BCUT2D eigenvalue weighted by atomic mass is 9.64. The highest BCUT2D eigenvalue weighted by Gasteiger charge is 2.48. The van der Waals surface area contributed by atoms with E-state index in [9.17, 15) is 9.18 Å². The zero-order chi connectivity index (χ0) is 14.2. The van der Waals surface area contributed by atoms with Crippen molar-refractivity contribution < 1.29 is 19.0 Å². The Morgan fingerprint density at radius 1 is 1.63 bits per heavy atom. The number of hydrogen-bond acceptors (Lipinski definition) is 4. The number of halogens is 1. The minimum Gasteiger partial charge on any atom is -0.478 e. The number of carbonyl (C=O) groups is 1. The summed E-state index contributed by atoms with van der Waals surface area (Å²) in [5.41, 5.74) is -0.280. The first-order chi connectivity index (χ1) is 8.86. The average molecular weight is 268 g/mol. The number of rotatable bonds is 4. The first-order valence-corrected chi connectivity index (χ1v) is 6.04. The third-order valence-electron chi connectivity index (χ3n) is 3.86. The van der Waals surface area contributed by atoms with Crippen molar-refractivity contribution in [3.05, 3.63) is 23.6 Å². The summed E-state index contributed by atoms with van der Waals surface area (Å²) in [5, 5.41) is 12.1. The number of hydrogen-bond donors (Lipinski definition) is 2. The standard InChI is InChI=1S/C13H17FN2O3/c1-13(2)9(5-10(13)19-3)16-11-8(12(17)18)4-7(14)6-15-11/h4,6,9-10H,5H2,1-3H3,(H,15,16)(H,17,18). The molecular weight excluding hydrogens is 251 g/mol. The molecule has 0 aromatic carbocycles. The van der Waals surface area contributed by atoms with E-state index in [4.69, 9.17) is 9.84 Å². The molecule has 1 aromatic rings. The fourth-order valence-electron chi connectivity index (χ4n) is 2.41. The highest BCUT2D eigenvalue weighted by atomic mass is 19.1. The zero-order valence-electron chi connectivity index (χ0n) is 11.1. The van der Waals surface area contributed by atoms with Gasteiger partial charge in [0, 0.05) is 18.6 Å². The van der Waals surface area contributed by atoms with Crippen LogP contribution in [0.15, 0.2) is 12.3 Å². The SMILES string of the molecule is COC1CC(Nc2ncc(F)cc2C(=O)O)C1(C)C. The van der Waals surface area contributed by atoms with Crippen LogP contribution < -0.4 is 5.32 Å². The lowest BCUT2D eigenvalue weighted by Gasteiger charge is -2.51. The van der Waals surface area contributed by atoms with Crippen molar-refractivity contribution in [2.24, 2.45) is 5.41 Å². The van der Waals surface area contributed by atoms with Gasteiger partial charge in [-0.25, -0.2) is 14.2 Å². The summed E-state index contributed by atoms with van der Waals surface area (Å²) in [7, 11) is 1.65. The second-order valence-electron chi connectivity index (χ2n) is 5.33. The van der Waals surface area contributed by atoms with Crippen molar-refractivity contribution in [2.45, 2.75) is 32.4 Å². The Kier molecular flexibility index (Phi) is 3.45. The highest BCUT2D eigenvalue weighted by Crippen LogP contribution is 2.44. The molecule has 2 unspecified atom stereocenters. The van der Waals surface area contributed by atoms with Crippen LogP contribution in [0.4, 0.5) is 10.2 Å². The number of aromatic carboxylic acids is 1. The van der Waals surface area contributed by atoms with Crippen molar-refractivity contribution in [2.75, 3.05) is 12.4 Å². The Balaban J connectivity index is 2.19. The predicted octanol–water partition coefficient (Wildman–Crippen LogP) is 2.14. The molecule has 0 amide bonds. The molecule has 6 heteroatoms. The summed E-state index contributed by atoms with van der Waals surface area (Å²) in [6.07, 6.45) is 1.90. The molecule has 0 bridgehead atoms. The van der Waals surface area contributed by atoms with E-state index in [0.29, 0.717) is 0 Å². The average Bonchev–Trinajstić information content (AvgIpc) is 2.35. The number of anilines is 1. The second kappa shape index (κ2) is 4.77. The van der Waals surface area contributed by atoms with E-state index in [1.807, 2.05) is 13.8 Å². The molecule has 5 nitrogen and oxygen atoms in total. The van der Waals surface area contributed by atoms with Gasteiger partial charge in [-0.2, -0.15) is 0 Å². The number of carboxylic acids is 1. The Labute approximate surface area is 110 Å². The van der Waals surface area contributed by atoms with E-state index in [-0.39, 0.29) is 28.9 Å². The molecule has 1 fully saturated rings. The maximum atomic E-state index is 13.0. The summed E-state index contributed by atoms with van der Waals surface area (Å²) in [6.45, 7) is 4.07. The van der Waals surface area contributed by atoms with Crippen molar-refractivity contribution in [1.82, 2.24) is 4.98 Å². The topological polar surface area (TPSA) is 71.5 Å². The number of nitrogens with one attached hydrogen (secondary N) is 1. The minimum atomic E-state index is -1.20. The van der Waals surface area contributed by atoms with Crippen LogP contribution in [0.5, 0.6) is 0 Å². The smallest absolute Gasteiger partial charge is 0.339 e. The van der Waals surface area contributed by atoms with Crippen LogP contribution in [-0.4, -0.2) is 35.3 Å². The predicted molar refractivity (Wildman–Crippen MR) is 67.8 cm³/mol. The summed E-state index contributed by atoms with van der Waals surface area (Å²) in [4.78, 5) is 14.9. The fraction of sp³-hybridized carbons (Fsp3) is 0.538. The Morgan fingerprint density at radius 3 is 2.84 bits per heavy atom. The van der Waals surface area contributed by atoms with Gasteiger partial charge >= 0.3 is 5.97 Å². The quantitative estimate of drug-likeness (QED) is 0.875. The lowest BCUT2D eigenvalue weighted by Crippen LogP contribution is -2.57. The van der Waals surface area contributed by atoms with Gasteiger partial charge in [0.05, 0.1) is 12.3 Å². The normalized spacial score (nSPS) is 24.6. The minimum absolute atomic E-state index is 0.0495. The summed E-state index contributed by atoms with van der Waals surface area (Å²) < 4.78 is 18.4. The molecule has 1 heterocycles. The number of pyridine rings is 1. The highest BCUT2D eigenvalue weighted by molar-refractivity contribution is 5.93. The lowest BCUT2D eigenvalue weighted by molar-refractivity contribution is -0.0795. The van der Waals surface area contributed by atoms with Crippen LogP contribution >= 0.6 is 0 Å². The van der Waals surface area contributed by atoms with Crippen molar-refractivity contribution in [1.29, 1.82) is 0 Å². The molecule has 2 N–H and O–H groups in total. The number of ether oxygens (including phenoxy) is 1. The molecule has 2 atom stereocenters. The molecule has 2 rings (SSSR count). The number of carboxylic acid groups (broad SMARTS) is 1. The molecule has 104 valence electrons. The molecule has 1 saturated carbocycles. The van der Waals surface area contributed by atoms with Crippen molar-refractivity contribution in [3.8, 4) is 0 Å². The third-order valence-corrected chi connectivity index (χ3v) is 3.86. The molecule has 0 spiro atoms. The maximum Gasteiger partial charge on any atom is 0.339 e. The van der Waals surface area contributed by atoms with Gasteiger partial charge in [0.1, 0.15) is 17.2 Å². The maximum absolute atomic E-state index is 13.0. The van der Waals surface area contributed by atoms with Gasteiger partial charge < -0.3 is 15.2 Å². The van der Waals surface area contributed by atoms with Gasteiger partial charge in [0.2, 0.25) is 0 Å². The van der Waals surface area contributed by atoms with Crippen LogP contribution in [0, 0.1) is 11.2 Å². The van der Waals surface area contributed by atoms with Gasteiger partial charge in [-0.05, 0) is 12.5 Å². The first kappa shape index (κ1) is 13.7. The molecule has 0 aliphatic heterocycles. The summed E-state index contributed by atoms with van der Waals surface area (Å²) in [5.74, 6) is -1.66. The second-order valence-corrected chi connectivity index (χ2v) is 5.33. The Bertz CT molecular complexity index is 505. The van der Waals surface area contributed by atoms with Crippen molar-refractivity contribution in [3.63, 3.8) is 0 Å². The van der Waals surface area contributed by atoms with Gasteiger partial charge in [0.25, 0.3) is 0 Å². The third kappa shape index (κ3) is 2.40. The van der Waals surface area contributed by atoms with Gasteiger partial charge in [-0.15, -0.1) is 0 Å². The first-order valence-electron chi connectivity index (χ1n) is 6.04. The van der Waals surface area contributed by atoms with Crippen LogP contribution in [0.1, 0.15) is 30.6 Å². The molecule has 0 saturated heterocycles. The van der Waals surface area contributed by atoms with Crippen molar-refractivity contribution >= 4 is 11.8 Å². The molecule has 1 aliphatic rings. The van der Waals surface area contributed by atoms with E-state index < -0.39 is 11.8 Å². The van der Waals surface area contributed by atoms with E-state index >= 15 is 0 Å². The van der Waals surface area contributed by atoms with E-state index in [1.54, 1.807) is 7.11 Å². The monoisotopic (exact) mass is 268 g/mol. The zero-order valence-corrected chi connectivity index (χ0v) is 11.1. The van der Waals surface area contributed by atoms with Crippen LogP contribution in [-0.2, 0) is 4.74 Å². The largest absolute Gasteiger partial charge is 0.478 e. The van der Waals surface area contributed by atoms with Gasteiger partial charge in [0.15, 0.2) is 0 Å². The van der Waals surface area contributed by atoms with Crippen LogP contribution in [0.2, 0.25) is 0 Å². The molecule has 1 aromatic heterocycles. The summed E-state index contributed by atoms with van der Waals surface area (Å²) in [6, 6.07) is 1.02. The molecule has 1 aliphatic carbocycles. The van der Waals surface area contributed by atoms with Gasteiger partial charge in [-0.1, -0.05) is 13.8 Å². The van der Waals surface area contributed by atoms with Crippen LogP contribution in [0.25, 0.3) is 0 Å². The molecule has 19 heavy (non-hydrogen) atoms.